The number of carbonyl (C=O) groups is 2. The van der Waals surface area contributed by atoms with Gasteiger partial charge in [0.25, 0.3) is 0 Å². The largest absolute Gasteiger partial charge is 0.478 e. The quantitative estimate of drug-likeness (QED) is 0.873. The van der Waals surface area contributed by atoms with Crippen LogP contribution < -0.4 is 5.32 Å². The van der Waals surface area contributed by atoms with E-state index >= 15 is 0 Å². The standard InChI is InChI=1S/C11H13ClN2O3/c1-3-14(2)11(17)13-9-5-4-7(12)6-8(9)10(15)16/h4-6H,3H2,1-2H3,(H,13,17)(H,15,16). The number of carboxylic acid groups (broad SMARTS) is 1. The molecule has 0 saturated carbocycles. The van der Waals surface area contributed by atoms with Crippen molar-refractivity contribution in [2.45, 2.75) is 6.92 Å². The number of aromatic carboxylic acids is 1. The molecule has 0 bridgehead atoms. The maximum atomic E-state index is 11.6. The lowest BCUT2D eigenvalue weighted by Crippen LogP contribution is -2.31. The third-order valence-corrected chi connectivity index (χ3v) is 2.51. The minimum Gasteiger partial charge on any atom is -0.478 e. The summed E-state index contributed by atoms with van der Waals surface area (Å²) in [4.78, 5) is 24.0. The second-order valence-corrected chi connectivity index (χ2v) is 3.88. The number of rotatable bonds is 3. The third-order valence-electron chi connectivity index (χ3n) is 2.27. The SMILES string of the molecule is CCN(C)C(=O)Nc1ccc(Cl)cc1C(=O)O. The van der Waals surface area contributed by atoms with E-state index in [1.165, 1.54) is 23.1 Å². The van der Waals surface area contributed by atoms with Gasteiger partial charge in [-0.15, -0.1) is 0 Å². The number of carbonyl (C=O) groups excluding carboxylic acids is 1. The fraction of sp³-hybridized carbons (Fsp3) is 0.273. The summed E-state index contributed by atoms with van der Waals surface area (Å²) in [6.45, 7) is 2.35. The van der Waals surface area contributed by atoms with Crippen LogP contribution >= 0.6 is 11.6 Å². The van der Waals surface area contributed by atoms with E-state index in [4.69, 9.17) is 16.7 Å². The first-order chi connectivity index (χ1) is 7.95. The molecule has 0 saturated heterocycles. The molecule has 0 heterocycles. The highest BCUT2D eigenvalue weighted by molar-refractivity contribution is 6.31. The minimum absolute atomic E-state index is 0.0321. The number of halogens is 1. The highest BCUT2D eigenvalue weighted by Gasteiger charge is 2.14. The molecule has 0 aromatic heterocycles. The number of carboxylic acids is 1. The first kappa shape index (κ1) is 13.3. The summed E-state index contributed by atoms with van der Waals surface area (Å²) in [6.07, 6.45) is 0. The number of nitrogens with zero attached hydrogens (tertiary/aromatic N) is 1. The van der Waals surface area contributed by atoms with Crippen LogP contribution in [0.5, 0.6) is 0 Å². The van der Waals surface area contributed by atoms with Gasteiger partial charge in [-0.3, -0.25) is 0 Å². The van der Waals surface area contributed by atoms with E-state index in [9.17, 15) is 9.59 Å². The van der Waals surface area contributed by atoms with Gasteiger partial charge in [0.2, 0.25) is 0 Å². The predicted molar refractivity (Wildman–Crippen MR) is 65.7 cm³/mol. The topological polar surface area (TPSA) is 69.6 Å². The Hall–Kier alpha value is -1.75. The third kappa shape index (κ3) is 3.35. The van der Waals surface area contributed by atoms with Crippen molar-refractivity contribution in [3.63, 3.8) is 0 Å². The average molecular weight is 257 g/mol. The van der Waals surface area contributed by atoms with E-state index in [0.29, 0.717) is 11.6 Å². The monoisotopic (exact) mass is 256 g/mol. The molecule has 1 aromatic rings. The average Bonchev–Trinajstić information content (AvgIpc) is 2.29. The molecule has 0 aliphatic heterocycles. The molecule has 1 aromatic carbocycles. The Kier molecular flexibility index (Phi) is 4.34. The van der Waals surface area contributed by atoms with Gasteiger partial charge in [-0.1, -0.05) is 11.6 Å². The van der Waals surface area contributed by atoms with Gasteiger partial charge in [-0.05, 0) is 25.1 Å². The van der Waals surface area contributed by atoms with Gasteiger partial charge in [-0.25, -0.2) is 9.59 Å². The summed E-state index contributed by atoms with van der Waals surface area (Å²) in [5.74, 6) is -1.14. The normalized spacial score (nSPS) is 9.82. The van der Waals surface area contributed by atoms with E-state index in [2.05, 4.69) is 5.32 Å². The molecule has 0 fully saturated rings. The van der Waals surface area contributed by atoms with Crippen molar-refractivity contribution in [1.29, 1.82) is 0 Å². The van der Waals surface area contributed by atoms with Crippen LogP contribution in [0.1, 0.15) is 17.3 Å². The summed E-state index contributed by atoms with van der Waals surface area (Å²) in [5.41, 5.74) is 0.197. The van der Waals surface area contributed by atoms with Gasteiger partial charge >= 0.3 is 12.0 Å². The van der Waals surface area contributed by atoms with Crippen LogP contribution in [0.4, 0.5) is 10.5 Å². The molecule has 0 spiro atoms. The summed E-state index contributed by atoms with van der Waals surface area (Å²) in [6, 6.07) is 3.92. The van der Waals surface area contributed by atoms with Crippen molar-refractivity contribution in [2.24, 2.45) is 0 Å². The van der Waals surface area contributed by atoms with Crippen LogP contribution in [0.2, 0.25) is 5.02 Å². The van der Waals surface area contributed by atoms with Crippen molar-refractivity contribution in [2.75, 3.05) is 18.9 Å². The second kappa shape index (κ2) is 5.54. The van der Waals surface area contributed by atoms with Crippen LogP contribution in [0.3, 0.4) is 0 Å². The molecule has 0 unspecified atom stereocenters. The van der Waals surface area contributed by atoms with Gasteiger partial charge in [0.1, 0.15) is 0 Å². The number of urea groups is 1. The Labute approximate surface area is 104 Å². The van der Waals surface area contributed by atoms with Gasteiger partial charge in [0, 0.05) is 18.6 Å². The van der Waals surface area contributed by atoms with E-state index in [1.54, 1.807) is 7.05 Å². The van der Waals surface area contributed by atoms with Crippen LogP contribution in [-0.2, 0) is 0 Å². The Morgan fingerprint density at radius 1 is 1.47 bits per heavy atom. The Morgan fingerprint density at radius 3 is 2.65 bits per heavy atom. The zero-order chi connectivity index (χ0) is 13.0. The second-order valence-electron chi connectivity index (χ2n) is 3.44. The molecule has 92 valence electrons. The molecule has 0 atom stereocenters. The van der Waals surface area contributed by atoms with Gasteiger partial charge < -0.3 is 15.3 Å². The summed E-state index contributed by atoms with van der Waals surface area (Å²) in [5, 5.41) is 11.8. The van der Waals surface area contributed by atoms with Crippen molar-refractivity contribution < 1.29 is 14.7 Å². The summed E-state index contributed by atoms with van der Waals surface area (Å²) in [7, 11) is 1.62. The van der Waals surface area contributed by atoms with Crippen molar-refractivity contribution >= 4 is 29.3 Å². The smallest absolute Gasteiger partial charge is 0.337 e. The van der Waals surface area contributed by atoms with Crippen LogP contribution in [0, 0.1) is 0 Å². The molecule has 5 nitrogen and oxygen atoms in total. The van der Waals surface area contributed by atoms with Crippen molar-refractivity contribution in [3.8, 4) is 0 Å². The molecule has 6 heteroatoms. The number of hydrogen-bond donors (Lipinski definition) is 2. The molecule has 2 amide bonds. The Balaban J connectivity index is 2.98. The van der Waals surface area contributed by atoms with E-state index in [0.717, 1.165) is 0 Å². The molecule has 0 aliphatic rings. The zero-order valence-electron chi connectivity index (χ0n) is 9.53. The number of nitrogens with one attached hydrogen (secondary N) is 1. The van der Waals surface area contributed by atoms with Crippen molar-refractivity contribution in [3.05, 3.63) is 28.8 Å². The molecule has 1 rings (SSSR count). The predicted octanol–water partition coefficient (Wildman–Crippen LogP) is 2.52. The maximum absolute atomic E-state index is 11.6. The highest BCUT2D eigenvalue weighted by Crippen LogP contribution is 2.21. The Bertz CT molecular complexity index is 448. The molecule has 2 N–H and O–H groups in total. The van der Waals surface area contributed by atoms with E-state index < -0.39 is 5.97 Å². The number of amides is 2. The lowest BCUT2D eigenvalue weighted by atomic mass is 10.2. The lowest BCUT2D eigenvalue weighted by molar-refractivity contribution is 0.0698. The molecule has 17 heavy (non-hydrogen) atoms. The molecular weight excluding hydrogens is 244 g/mol. The molecule has 0 radical (unpaired) electrons. The first-order valence-electron chi connectivity index (χ1n) is 5.00. The fourth-order valence-electron chi connectivity index (χ4n) is 1.16. The Morgan fingerprint density at radius 2 is 2.12 bits per heavy atom. The number of anilines is 1. The summed E-state index contributed by atoms with van der Waals surface area (Å²) >= 11 is 5.70. The van der Waals surface area contributed by atoms with Crippen LogP contribution in [-0.4, -0.2) is 35.6 Å². The number of benzene rings is 1. The van der Waals surface area contributed by atoms with Crippen molar-refractivity contribution in [1.82, 2.24) is 4.90 Å². The lowest BCUT2D eigenvalue weighted by Gasteiger charge is -2.16. The highest BCUT2D eigenvalue weighted by atomic mass is 35.5. The summed E-state index contributed by atoms with van der Waals surface area (Å²) < 4.78 is 0. The van der Waals surface area contributed by atoms with Gasteiger partial charge in [-0.2, -0.15) is 0 Å². The van der Waals surface area contributed by atoms with Crippen LogP contribution in [0.25, 0.3) is 0 Å². The first-order valence-corrected chi connectivity index (χ1v) is 5.38. The van der Waals surface area contributed by atoms with Crippen LogP contribution in [0.15, 0.2) is 18.2 Å². The van der Waals surface area contributed by atoms with Gasteiger partial charge in [0.15, 0.2) is 0 Å². The minimum atomic E-state index is -1.14. The molecular formula is C11H13ClN2O3. The van der Waals surface area contributed by atoms with E-state index in [1.807, 2.05) is 6.92 Å². The van der Waals surface area contributed by atoms with Gasteiger partial charge in [0.05, 0.1) is 11.3 Å². The zero-order valence-corrected chi connectivity index (χ0v) is 10.3. The number of hydrogen-bond acceptors (Lipinski definition) is 2. The maximum Gasteiger partial charge on any atom is 0.337 e. The van der Waals surface area contributed by atoms with E-state index in [-0.39, 0.29) is 17.3 Å². The molecule has 0 aliphatic carbocycles. The fourth-order valence-corrected chi connectivity index (χ4v) is 1.33.